The van der Waals surface area contributed by atoms with Crippen LogP contribution in [0.15, 0.2) is 46.9 Å². The maximum Gasteiger partial charge on any atom is 0.221 e. The second-order valence-corrected chi connectivity index (χ2v) is 4.94. The lowest BCUT2D eigenvalue weighted by molar-refractivity contribution is -0.114. The van der Waals surface area contributed by atoms with Crippen LogP contribution in [-0.4, -0.2) is 12.2 Å². The molecule has 5 heteroatoms. The Morgan fingerprint density at radius 1 is 1.20 bits per heavy atom. The highest BCUT2D eigenvalue weighted by Crippen LogP contribution is 2.34. The minimum absolute atomic E-state index is 0.170. The normalized spacial score (nSPS) is 9.90. The van der Waals surface area contributed by atoms with Crippen molar-refractivity contribution in [1.29, 1.82) is 0 Å². The van der Waals surface area contributed by atoms with Gasteiger partial charge in [0.25, 0.3) is 0 Å². The molecule has 102 valence electrons. The quantitative estimate of drug-likeness (QED) is 0.860. The lowest BCUT2D eigenvalue weighted by Crippen LogP contribution is -2.06. The number of nitrogens with one attached hydrogen (secondary N) is 1. The van der Waals surface area contributed by atoms with E-state index in [1.54, 1.807) is 30.3 Å². The summed E-state index contributed by atoms with van der Waals surface area (Å²) in [4.78, 5) is 21.8. The maximum atomic E-state index is 11.2. The number of hydrogen-bond acceptors (Lipinski definition) is 3. The van der Waals surface area contributed by atoms with Gasteiger partial charge in [-0.3, -0.25) is 9.59 Å². The molecule has 1 amide bonds. The summed E-state index contributed by atoms with van der Waals surface area (Å²) in [7, 11) is 0. The van der Waals surface area contributed by atoms with Crippen LogP contribution in [0, 0.1) is 0 Å². The fourth-order valence-electron chi connectivity index (χ4n) is 1.64. The molecule has 0 unspecified atom stereocenters. The Balaban J connectivity index is 2.30. The van der Waals surface area contributed by atoms with Gasteiger partial charge >= 0.3 is 0 Å². The maximum absolute atomic E-state index is 11.2. The van der Waals surface area contributed by atoms with Crippen molar-refractivity contribution in [2.45, 2.75) is 6.92 Å². The van der Waals surface area contributed by atoms with E-state index < -0.39 is 0 Å². The van der Waals surface area contributed by atoms with Gasteiger partial charge in [0.1, 0.15) is 12.0 Å². The van der Waals surface area contributed by atoms with Crippen molar-refractivity contribution < 1.29 is 14.3 Å². The summed E-state index contributed by atoms with van der Waals surface area (Å²) in [5.41, 5.74) is 1.14. The van der Waals surface area contributed by atoms with Crippen molar-refractivity contribution in [1.82, 2.24) is 0 Å². The van der Waals surface area contributed by atoms with Crippen LogP contribution in [0.3, 0.4) is 0 Å². The molecular formula is C15H12BrNO3. The smallest absolute Gasteiger partial charge is 0.221 e. The third kappa shape index (κ3) is 3.45. The second-order valence-electron chi connectivity index (χ2n) is 4.09. The molecule has 1 N–H and O–H groups in total. The van der Waals surface area contributed by atoms with E-state index in [0.717, 1.165) is 6.29 Å². The molecule has 4 nitrogen and oxygen atoms in total. The van der Waals surface area contributed by atoms with Crippen LogP contribution < -0.4 is 10.1 Å². The number of halogens is 1. The van der Waals surface area contributed by atoms with Gasteiger partial charge in [0, 0.05) is 12.5 Å². The van der Waals surface area contributed by atoms with Crippen LogP contribution in [0.4, 0.5) is 5.69 Å². The standard InChI is InChI=1S/C15H12BrNO3/c1-10(19)17-13-4-2-3-5-15(13)20-14-7-6-11(9-18)8-12(14)16/h2-9H,1H3,(H,17,19). The zero-order chi connectivity index (χ0) is 14.5. The molecule has 0 aromatic heterocycles. The summed E-state index contributed by atoms with van der Waals surface area (Å²) in [6, 6.07) is 12.2. The lowest BCUT2D eigenvalue weighted by Gasteiger charge is -2.12. The van der Waals surface area contributed by atoms with E-state index in [2.05, 4.69) is 21.2 Å². The number of amides is 1. The number of para-hydroxylation sites is 2. The van der Waals surface area contributed by atoms with Crippen molar-refractivity contribution in [3.63, 3.8) is 0 Å². The minimum Gasteiger partial charge on any atom is -0.454 e. The number of aldehydes is 1. The summed E-state index contributed by atoms with van der Waals surface area (Å²) in [6.07, 6.45) is 0.764. The molecule has 0 saturated heterocycles. The molecule has 0 saturated carbocycles. The first-order valence-electron chi connectivity index (χ1n) is 5.89. The van der Waals surface area contributed by atoms with Gasteiger partial charge in [-0.05, 0) is 46.3 Å². The predicted octanol–water partition coefficient (Wildman–Crippen LogP) is 4.01. The molecule has 0 aliphatic heterocycles. The minimum atomic E-state index is -0.170. The zero-order valence-electron chi connectivity index (χ0n) is 10.7. The highest BCUT2D eigenvalue weighted by Gasteiger charge is 2.08. The van der Waals surface area contributed by atoms with E-state index >= 15 is 0 Å². The number of rotatable bonds is 4. The van der Waals surface area contributed by atoms with E-state index in [-0.39, 0.29) is 5.91 Å². The van der Waals surface area contributed by atoms with Gasteiger partial charge in [-0.25, -0.2) is 0 Å². The van der Waals surface area contributed by atoms with E-state index in [1.165, 1.54) is 6.92 Å². The van der Waals surface area contributed by atoms with Gasteiger partial charge in [-0.1, -0.05) is 12.1 Å². The van der Waals surface area contributed by atoms with Crippen molar-refractivity contribution in [2.24, 2.45) is 0 Å². The first-order valence-corrected chi connectivity index (χ1v) is 6.68. The van der Waals surface area contributed by atoms with Gasteiger partial charge in [0.05, 0.1) is 10.2 Å². The molecule has 0 fully saturated rings. The Morgan fingerprint density at radius 3 is 2.60 bits per heavy atom. The van der Waals surface area contributed by atoms with Crippen molar-refractivity contribution in [3.05, 3.63) is 52.5 Å². The highest BCUT2D eigenvalue weighted by atomic mass is 79.9. The Labute approximate surface area is 124 Å². The summed E-state index contributed by atoms with van der Waals surface area (Å²) < 4.78 is 6.43. The molecule has 0 spiro atoms. The van der Waals surface area contributed by atoms with Gasteiger partial charge in [-0.15, -0.1) is 0 Å². The Hall–Kier alpha value is -2.14. The van der Waals surface area contributed by atoms with Gasteiger partial charge in [0.2, 0.25) is 5.91 Å². The Morgan fingerprint density at radius 2 is 1.95 bits per heavy atom. The van der Waals surface area contributed by atoms with Crippen molar-refractivity contribution in [3.8, 4) is 11.5 Å². The van der Waals surface area contributed by atoms with Crippen LogP contribution in [0.2, 0.25) is 0 Å². The molecule has 20 heavy (non-hydrogen) atoms. The van der Waals surface area contributed by atoms with Crippen LogP contribution in [0.5, 0.6) is 11.5 Å². The van der Waals surface area contributed by atoms with E-state index in [9.17, 15) is 9.59 Å². The average molecular weight is 334 g/mol. The van der Waals surface area contributed by atoms with E-state index in [1.807, 2.05) is 12.1 Å². The molecule has 0 aliphatic rings. The molecule has 0 heterocycles. The summed E-state index contributed by atoms with van der Waals surface area (Å²) >= 11 is 3.35. The van der Waals surface area contributed by atoms with Crippen molar-refractivity contribution in [2.75, 3.05) is 5.32 Å². The SMILES string of the molecule is CC(=O)Nc1ccccc1Oc1ccc(C=O)cc1Br. The molecule has 2 rings (SSSR count). The van der Waals surface area contributed by atoms with Gasteiger partial charge in [0.15, 0.2) is 5.75 Å². The predicted molar refractivity (Wildman–Crippen MR) is 80.3 cm³/mol. The van der Waals surface area contributed by atoms with Gasteiger partial charge in [-0.2, -0.15) is 0 Å². The number of carbonyl (C=O) groups excluding carboxylic acids is 2. The number of ether oxygens (including phenoxy) is 1. The Kier molecular flexibility index (Phi) is 4.53. The summed E-state index contributed by atoms with van der Waals surface area (Å²) in [5.74, 6) is 0.923. The molecular weight excluding hydrogens is 322 g/mol. The number of anilines is 1. The first-order chi connectivity index (χ1) is 9.60. The Bertz CT molecular complexity index is 655. The zero-order valence-corrected chi connectivity index (χ0v) is 12.3. The fraction of sp³-hybridized carbons (Fsp3) is 0.0667. The molecule has 2 aromatic carbocycles. The molecule has 0 aliphatic carbocycles. The molecule has 0 radical (unpaired) electrons. The molecule has 2 aromatic rings. The molecule has 0 atom stereocenters. The largest absolute Gasteiger partial charge is 0.454 e. The number of carbonyl (C=O) groups is 2. The summed E-state index contributed by atoms with van der Waals surface area (Å²) in [6.45, 7) is 1.44. The summed E-state index contributed by atoms with van der Waals surface area (Å²) in [5, 5.41) is 2.70. The topological polar surface area (TPSA) is 55.4 Å². The van der Waals surface area contributed by atoms with Crippen LogP contribution in [0.25, 0.3) is 0 Å². The van der Waals surface area contributed by atoms with E-state index in [4.69, 9.17) is 4.74 Å². The third-order valence-corrected chi connectivity index (χ3v) is 3.13. The van der Waals surface area contributed by atoms with Crippen LogP contribution in [-0.2, 0) is 4.79 Å². The fourth-order valence-corrected chi connectivity index (χ4v) is 2.12. The average Bonchev–Trinajstić information content (AvgIpc) is 2.42. The highest BCUT2D eigenvalue weighted by molar-refractivity contribution is 9.10. The van der Waals surface area contributed by atoms with Crippen LogP contribution >= 0.6 is 15.9 Å². The van der Waals surface area contributed by atoms with Crippen molar-refractivity contribution >= 4 is 33.8 Å². The van der Waals surface area contributed by atoms with Crippen LogP contribution in [0.1, 0.15) is 17.3 Å². The third-order valence-electron chi connectivity index (χ3n) is 2.51. The first kappa shape index (κ1) is 14.3. The van der Waals surface area contributed by atoms with Gasteiger partial charge < -0.3 is 10.1 Å². The molecule has 0 bridgehead atoms. The van der Waals surface area contributed by atoms with E-state index in [0.29, 0.717) is 27.2 Å². The number of benzene rings is 2. The second kappa shape index (κ2) is 6.34. The lowest BCUT2D eigenvalue weighted by atomic mass is 10.2. The monoisotopic (exact) mass is 333 g/mol. The number of hydrogen-bond donors (Lipinski definition) is 1.